The SMILES string of the molecule is CC(C)N1c2cccc(C(F)(F)F)c2CC1CON. The fraction of sp³-hybridized carbons (Fsp3) is 0.538. The Morgan fingerprint density at radius 1 is 1.42 bits per heavy atom. The topological polar surface area (TPSA) is 38.5 Å². The van der Waals surface area contributed by atoms with Crippen LogP contribution < -0.4 is 10.8 Å². The van der Waals surface area contributed by atoms with Crippen LogP contribution in [0.3, 0.4) is 0 Å². The molecule has 1 aromatic rings. The van der Waals surface area contributed by atoms with E-state index in [1.165, 1.54) is 6.07 Å². The maximum Gasteiger partial charge on any atom is 0.416 e. The summed E-state index contributed by atoms with van der Waals surface area (Å²) in [5.41, 5.74) is 0.410. The minimum Gasteiger partial charge on any atom is -0.363 e. The van der Waals surface area contributed by atoms with Crippen molar-refractivity contribution < 1.29 is 18.0 Å². The lowest BCUT2D eigenvalue weighted by Gasteiger charge is -2.30. The van der Waals surface area contributed by atoms with Gasteiger partial charge in [-0.15, -0.1) is 0 Å². The molecule has 3 nitrogen and oxygen atoms in total. The molecule has 2 N–H and O–H groups in total. The maximum absolute atomic E-state index is 13.0. The number of nitrogens with zero attached hydrogens (tertiary/aromatic N) is 1. The van der Waals surface area contributed by atoms with Crippen molar-refractivity contribution in [3.63, 3.8) is 0 Å². The highest BCUT2D eigenvalue weighted by Gasteiger charge is 2.40. The van der Waals surface area contributed by atoms with E-state index in [2.05, 4.69) is 4.84 Å². The molecule has 0 spiro atoms. The number of anilines is 1. The first-order chi connectivity index (χ1) is 8.86. The van der Waals surface area contributed by atoms with Crippen LogP contribution in [0.4, 0.5) is 18.9 Å². The van der Waals surface area contributed by atoms with Crippen LogP contribution in [-0.4, -0.2) is 18.7 Å². The van der Waals surface area contributed by atoms with Gasteiger partial charge in [-0.25, -0.2) is 5.90 Å². The van der Waals surface area contributed by atoms with Gasteiger partial charge in [0.1, 0.15) is 0 Å². The molecule has 1 atom stereocenters. The number of hydrogen-bond donors (Lipinski definition) is 1. The molecule has 0 aliphatic carbocycles. The molecule has 19 heavy (non-hydrogen) atoms. The van der Waals surface area contributed by atoms with Gasteiger partial charge in [0.25, 0.3) is 0 Å². The third-order valence-corrected chi connectivity index (χ3v) is 3.41. The fourth-order valence-electron chi connectivity index (χ4n) is 2.78. The van der Waals surface area contributed by atoms with Crippen LogP contribution in [0.15, 0.2) is 18.2 Å². The van der Waals surface area contributed by atoms with Crippen molar-refractivity contribution in [2.75, 3.05) is 11.5 Å². The number of hydrogen-bond acceptors (Lipinski definition) is 3. The molecule has 106 valence electrons. The zero-order valence-corrected chi connectivity index (χ0v) is 10.9. The van der Waals surface area contributed by atoms with Crippen LogP contribution in [0.1, 0.15) is 25.0 Å². The minimum atomic E-state index is -4.33. The van der Waals surface area contributed by atoms with Crippen molar-refractivity contribution in [3.05, 3.63) is 29.3 Å². The first-order valence-corrected chi connectivity index (χ1v) is 6.15. The van der Waals surface area contributed by atoms with E-state index in [1.54, 1.807) is 6.07 Å². The van der Waals surface area contributed by atoms with E-state index in [1.807, 2.05) is 18.7 Å². The highest BCUT2D eigenvalue weighted by atomic mass is 19.4. The summed E-state index contributed by atoms with van der Waals surface area (Å²) in [7, 11) is 0. The summed E-state index contributed by atoms with van der Waals surface area (Å²) in [6.07, 6.45) is -4.02. The average molecular weight is 274 g/mol. The van der Waals surface area contributed by atoms with E-state index in [-0.39, 0.29) is 18.7 Å². The second-order valence-corrected chi connectivity index (χ2v) is 4.99. The van der Waals surface area contributed by atoms with Gasteiger partial charge in [-0.05, 0) is 38.0 Å². The average Bonchev–Trinajstić information content (AvgIpc) is 2.65. The molecule has 0 bridgehead atoms. The minimum absolute atomic E-state index is 0.0879. The standard InChI is InChI=1S/C13H17F3N2O/c1-8(2)18-9(7-19-17)6-10-11(13(14,15)16)4-3-5-12(10)18/h3-5,8-9H,6-7,17H2,1-2H3. The predicted octanol–water partition coefficient (Wildman–Crippen LogP) is 2.74. The van der Waals surface area contributed by atoms with Gasteiger partial charge in [-0.2, -0.15) is 13.2 Å². The summed E-state index contributed by atoms with van der Waals surface area (Å²) < 4.78 is 39.0. The van der Waals surface area contributed by atoms with Crippen molar-refractivity contribution in [1.82, 2.24) is 0 Å². The third kappa shape index (κ3) is 2.55. The zero-order chi connectivity index (χ0) is 14.2. The Morgan fingerprint density at radius 2 is 2.11 bits per heavy atom. The normalized spacial score (nSPS) is 19.1. The first kappa shape index (κ1) is 14.1. The van der Waals surface area contributed by atoms with Crippen LogP contribution in [0.2, 0.25) is 0 Å². The quantitative estimate of drug-likeness (QED) is 0.861. The van der Waals surface area contributed by atoms with E-state index in [0.29, 0.717) is 17.7 Å². The molecule has 1 aliphatic heterocycles. The summed E-state index contributed by atoms with van der Waals surface area (Å²) in [5.74, 6) is 5.08. The zero-order valence-electron chi connectivity index (χ0n) is 10.9. The summed E-state index contributed by atoms with van der Waals surface area (Å²) in [4.78, 5) is 6.58. The van der Waals surface area contributed by atoms with Crippen molar-refractivity contribution >= 4 is 5.69 Å². The van der Waals surface area contributed by atoms with Gasteiger partial charge >= 0.3 is 6.18 Å². The van der Waals surface area contributed by atoms with E-state index in [0.717, 1.165) is 6.07 Å². The molecule has 1 heterocycles. The Bertz CT molecular complexity index is 460. The molecular formula is C13H17F3N2O. The first-order valence-electron chi connectivity index (χ1n) is 6.15. The van der Waals surface area contributed by atoms with Crippen molar-refractivity contribution in [2.45, 2.75) is 38.5 Å². The van der Waals surface area contributed by atoms with Crippen LogP contribution in [0, 0.1) is 0 Å². The predicted molar refractivity (Wildman–Crippen MR) is 66.7 cm³/mol. The van der Waals surface area contributed by atoms with Gasteiger partial charge in [0, 0.05) is 11.7 Å². The van der Waals surface area contributed by atoms with E-state index in [9.17, 15) is 13.2 Å². The van der Waals surface area contributed by atoms with Crippen LogP contribution in [0.25, 0.3) is 0 Å². The number of alkyl halides is 3. The molecule has 6 heteroatoms. The second-order valence-electron chi connectivity index (χ2n) is 4.99. The number of benzene rings is 1. The van der Waals surface area contributed by atoms with Gasteiger partial charge in [-0.3, -0.25) is 0 Å². The fourth-order valence-corrected chi connectivity index (χ4v) is 2.78. The third-order valence-electron chi connectivity index (χ3n) is 3.41. The second kappa shape index (κ2) is 5.02. The van der Waals surface area contributed by atoms with Crippen molar-refractivity contribution in [3.8, 4) is 0 Å². The van der Waals surface area contributed by atoms with E-state index in [4.69, 9.17) is 5.90 Å². The van der Waals surface area contributed by atoms with Gasteiger partial charge in [0.15, 0.2) is 0 Å². The van der Waals surface area contributed by atoms with Crippen LogP contribution in [0.5, 0.6) is 0 Å². The van der Waals surface area contributed by atoms with Crippen LogP contribution >= 0.6 is 0 Å². The van der Waals surface area contributed by atoms with Gasteiger partial charge in [0.05, 0.1) is 18.2 Å². The maximum atomic E-state index is 13.0. The largest absolute Gasteiger partial charge is 0.416 e. The molecule has 0 amide bonds. The molecule has 1 aromatic carbocycles. The number of nitrogens with two attached hydrogens (primary N) is 1. The smallest absolute Gasteiger partial charge is 0.363 e. The Labute approximate surface area is 110 Å². The van der Waals surface area contributed by atoms with E-state index < -0.39 is 11.7 Å². The monoisotopic (exact) mass is 274 g/mol. The Balaban J connectivity index is 2.47. The summed E-state index contributed by atoms with van der Waals surface area (Å²) in [6, 6.07) is 4.24. The number of halogens is 3. The molecule has 0 saturated carbocycles. The number of rotatable bonds is 3. The van der Waals surface area contributed by atoms with Gasteiger partial charge in [-0.1, -0.05) is 6.07 Å². The lowest BCUT2D eigenvalue weighted by Crippen LogP contribution is -2.41. The Hall–Kier alpha value is -1.27. The van der Waals surface area contributed by atoms with Crippen LogP contribution in [-0.2, 0) is 17.4 Å². The van der Waals surface area contributed by atoms with Gasteiger partial charge < -0.3 is 9.74 Å². The molecule has 1 unspecified atom stereocenters. The molecule has 2 rings (SSSR count). The molecule has 1 aliphatic rings. The number of fused-ring (bicyclic) bond motifs is 1. The highest BCUT2D eigenvalue weighted by molar-refractivity contribution is 5.63. The summed E-state index contributed by atoms with van der Waals surface area (Å²) in [6.45, 7) is 4.10. The Morgan fingerprint density at radius 3 is 2.63 bits per heavy atom. The lowest BCUT2D eigenvalue weighted by molar-refractivity contribution is -0.138. The highest BCUT2D eigenvalue weighted by Crippen LogP contribution is 2.42. The Kier molecular flexibility index (Phi) is 3.73. The lowest BCUT2D eigenvalue weighted by atomic mass is 10.0. The molecular weight excluding hydrogens is 257 g/mol. The van der Waals surface area contributed by atoms with E-state index >= 15 is 0 Å². The van der Waals surface area contributed by atoms with Crippen molar-refractivity contribution in [2.24, 2.45) is 5.90 Å². The summed E-state index contributed by atoms with van der Waals surface area (Å²) >= 11 is 0. The van der Waals surface area contributed by atoms with Crippen molar-refractivity contribution in [1.29, 1.82) is 0 Å². The summed E-state index contributed by atoms with van der Waals surface area (Å²) in [5, 5.41) is 0. The molecule has 0 radical (unpaired) electrons. The molecule has 0 saturated heterocycles. The molecule has 0 aromatic heterocycles. The molecule has 0 fully saturated rings. The van der Waals surface area contributed by atoms with Gasteiger partial charge in [0.2, 0.25) is 0 Å².